The molecule has 10 nitrogen and oxygen atoms in total. The highest BCUT2D eigenvalue weighted by molar-refractivity contribution is 5.83. The summed E-state index contributed by atoms with van der Waals surface area (Å²) in [5, 5.41) is 0. The second-order valence-corrected chi connectivity index (χ2v) is 8.96. The molecular weight excluding hydrogens is 390 g/mol. The van der Waals surface area contributed by atoms with Gasteiger partial charge in [-0.15, -0.1) is 0 Å². The van der Waals surface area contributed by atoms with Crippen molar-refractivity contribution in [3.8, 4) is 0 Å². The third kappa shape index (κ3) is 5.88. The monoisotopic (exact) mass is 421 g/mol. The zero-order valence-electron chi connectivity index (χ0n) is 18.8. The minimum Gasteiger partial charge on any atom is -0.444 e. The van der Waals surface area contributed by atoms with Gasteiger partial charge in [0.25, 0.3) is 0 Å². The number of nitrogens with zero attached hydrogens (tertiary/aromatic N) is 5. The molecule has 0 aliphatic heterocycles. The number of carbonyl (C=O) groups excluding carboxylic acids is 2. The first-order chi connectivity index (χ1) is 13.9. The number of aromatic nitrogens is 4. The van der Waals surface area contributed by atoms with E-state index in [9.17, 15) is 9.59 Å². The van der Waals surface area contributed by atoms with Gasteiger partial charge >= 0.3 is 11.9 Å². The number of rotatable bonds is 8. The number of ether oxygens (including phenoxy) is 3. The highest BCUT2D eigenvalue weighted by Crippen LogP contribution is 2.23. The second-order valence-electron chi connectivity index (χ2n) is 8.96. The average molecular weight is 421 g/mol. The number of hydrogen-bond acceptors (Lipinski definition) is 9. The molecule has 0 unspecified atom stereocenters. The van der Waals surface area contributed by atoms with Gasteiger partial charge in [0.15, 0.2) is 30.4 Å². The zero-order chi connectivity index (χ0) is 22.5. The Morgan fingerprint density at radius 3 is 2.03 bits per heavy atom. The van der Waals surface area contributed by atoms with E-state index < -0.39 is 10.8 Å². The lowest BCUT2D eigenvalue weighted by Crippen LogP contribution is -2.36. The average Bonchev–Trinajstić information content (AvgIpc) is 3.07. The van der Waals surface area contributed by atoms with Crippen molar-refractivity contribution in [2.24, 2.45) is 10.8 Å². The molecule has 2 heterocycles. The summed E-state index contributed by atoms with van der Waals surface area (Å²) in [6, 6.07) is 0. The number of esters is 2. The Bertz CT molecular complexity index is 852. The lowest BCUT2D eigenvalue weighted by Gasteiger charge is -2.26. The summed E-state index contributed by atoms with van der Waals surface area (Å²) in [4.78, 5) is 39.1. The smallest absolute Gasteiger partial charge is 0.312 e. The van der Waals surface area contributed by atoms with Crippen LogP contribution in [0.1, 0.15) is 41.5 Å². The van der Waals surface area contributed by atoms with Crippen LogP contribution in [0.15, 0.2) is 12.7 Å². The Hall–Kier alpha value is -2.75. The number of hydrogen-bond donors (Lipinski definition) is 0. The fourth-order valence-corrected chi connectivity index (χ4v) is 2.32. The van der Waals surface area contributed by atoms with Crippen molar-refractivity contribution in [1.29, 1.82) is 0 Å². The summed E-state index contributed by atoms with van der Waals surface area (Å²) in [5.41, 5.74) is -0.231. The SMILES string of the molecule is COCCn1cnc2c(N(COC(=O)C(C)(C)C)COC(=O)C(C)(C)C)ncnc21. The van der Waals surface area contributed by atoms with Crippen LogP contribution in [0.3, 0.4) is 0 Å². The van der Waals surface area contributed by atoms with E-state index in [1.807, 2.05) is 4.57 Å². The maximum atomic E-state index is 12.3. The predicted molar refractivity (Wildman–Crippen MR) is 111 cm³/mol. The summed E-state index contributed by atoms with van der Waals surface area (Å²) in [5.74, 6) is -0.365. The molecule has 0 aromatic carbocycles. The third-order valence-electron chi connectivity index (χ3n) is 4.15. The molecule has 166 valence electrons. The molecule has 0 N–H and O–H groups in total. The van der Waals surface area contributed by atoms with Crippen molar-refractivity contribution < 1.29 is 23.8 Å². The lowest BCUT2D eigenvalue weighted by molar-refractivity contribution is -0.155. The van der Waals surface area contributed by atoms with Crippen molar-refractivity contribution >= 4 is 28.9 Å². The standard InChI is InChI=1S/C20H31N5O5/c1-19(2,3)17(26)29-12-25(13-30-18(27)20(4,5)6)16-14-15(21-10-22-16)24(11-23-14)8-9-28-7/h10-11H,8-9,12-13H2,1-7H3. The molecule has 0 aliphatic rings. The number of imidazole rings is 1. The Morgan fingerprint density at radius 2 is 1.53 bits per heavy atom. The second kappa shape index (κ2) is 9.38. The number of anilines is 1. The summed E-state index contributed by atoms with van der Waals surface area (Å²) in [7, 11) is 1.62. The zero-order valence-corrected chi connectivity index (χ0v) is 18.8. The van der Waals surface area contributed by atoms with Gasteiger partial charge in [-0.1, -0.05) is 0 Å². The molecule has 0 atom stereocenters. The van der Waals surface area contributed by atoms with E-state index in [0.29, 0.717) is 30.1 Å². The molecule has 0 amide bonds. The van der Waals surface area contributed by atoms with Gasteiger partial charge in [-0.3, -0.25) is 14.5 Å². The van der Waals surface area contributed by atoms with Crippen LogP contribution in [0, 0.1) is 10.8 Å². The predicted octanol–water partition coefficient (Wildman–Crippen LogP) is 2.37. The first-order valence-corrected chi connectivity index (χ1v) is 9.69. The fraction of sp³-hybridized carbons (Fsp3) is 0.650. The maximum absolute atomic E-state index is 12.3. The number of carbonyl (C=O) groups is 2. The molecule has 0 aliphatic carbocycles. The summed E-state index contributed by atoms with van der Waals surface area (Å²) in [6.45, 7) is 11.4. The van der Waals surface area contributed by atoms with Gasteiger partial charge in [-0.25, -0.2) is 15.0 Å². The van der Waals surface area contributed by atoms with Crippen LogP contribution in [0.5, 0.6) is 0 Å². The highest BCUT2D eigenvalue weighted by Gasteiger charge is 2.27. The molecule has 2 aromatic heterocycles. The largest absolute Gasteiger partial charge is 0.444 e. The molecule has 2 aromatic rings. The molecule has 0 saturated carbocycles. The van der Waals surface area contributed by atoms with E-state index in [1.165, 1.54) is 6.33 Å². The molecular formula is C20H31N5O5. The lowest BCUT2D eigenvalue weighted by atomic mass is 9.97. The van der Waals surface area contributed by atoms with Crippen LogP contribution >= 0.6 is 0 Å². The quantitative estimate of drug-likeness (QED) is 0.469. The fourth-order valence-electron chi connectivity index (χ4n) is 2.32. The molecule has 0 fully saturated rings. The maximum Gasteiger partial charge on any atom is 0.312 e. The van der Waals surface area contributed by atoms with Gasteiger partial charge < -0.3 is 18.8 Å². The Kier molecular flexibility index (Phi) is 7.35. The van der Waals surface area contributed by atoms with E-state index in [4.69, 9.17) is 14.2 Å². The molecule has 10 heteroatoms. The van der Waals surface area contributed by atoms with Gasteiger partial charge in [0.2, 0.25) is 0 Å². The Morgan fingerprint density at radius 1 is 0.967 bits per heavy atom. The van der Waals surface area contributed by atoms with Gasteiger partial charge in [-0.2, -0.15) is 0 Å². The molecule has 30 heavy (non-hydrogen) atoms. The summed E-state index contributed by atoms with van der Waals surface area (Å²) < 4.78 is 17.8. The first-order valence-electron chi connectivity index (χ1n) is 9.69. The van der Waals surface area contributed by atoms with Crippen molar-refractivity contribution in [3.05, 3.63) is 12.7 Å². The highest BCUT2D eigenvalue weighted by atomic mass is 16.6. The van der Waals surface area contributed by atoms with Crippen LogP contribution < -0.4 is 4.90 Å². The molecule has 0 bridgehead atoms. The third-order valence-corrected chi connectivity index (χ3v) is 4.15. The van der Waals surface area contributed by atoms with Crippen LogP contribution in [0.25, 0.3) is 11.2 Å². The Labute approximate surface area is 176 Å². The van der Waals surface area contributed by atoms with Crippen molar-refractivity contribution in [3.63, 3.8) is 0 Å². The van der Waals surface area contributed by atoms with E-state index in [0.717, 1.165) is 0 Å². The topological polar surface area (TPSA) is 109 Å². The van der Waals surface area contributed by atoms with E-state index in [2.05, 4.69) is 15.0 Å². The number of methoxy groups -OCH3 is 1. The van der Waals surface area contributed by atoms with Gasteiger partial charge in [-0.05, 0) is 41.5 Å². The summed E-state index contributed by atoms with van der Waals surface area (Å²) in [6.07, 6.45) is 3.04. The summed E-state index contributed by atoms with van der Waals surface area (Å²) >= 11 is 0. The van der Waals surface area contributed by atoms with E-state index in [-0.39, 0.29) is 25.4 Å². The normalized spacial score (nSPS) is 12.1. The number of fused-ring (bicyclic) bond motifs is 1. The van der Waals surface area contributed by atoms with Gasteiger partial charge in [0.1, 0.15) is 6.33 Å². The van der Waals surface area contributed by atoms with Crippen LogP contribution in [0.4, 0.5) is 5.82 Å². The molecule has 0 spiro atoms. The molecule has 0 radical (unpaired) electrons. The van der Waals surface area contributed by atoms with Crippen LogP contribution in [0.2, 0.25) is 0 Å². The van der Waals surface area contributed by atoms with Crippen LogP contribution in [-0.2, 0) is 30.3 Å². The van der Waals surface area contributed by atoms with E-state index in [1.54, 1.807) is 59.9 Å². The minimum absolute atomic E-state index is 0.148. The molecule has 2 rings (SSSR count). The van der Waals surface area contributed by atoms with Crippen LogP contribution in [-0.4, -0.2) is 58.6 Å². The Balaban J connectivity index is 2.32. The molecule has 0 saturated heterocycles. The first kappa shape index (κ1) is 23.5. The minimum atomic E-state index is -0.670. The van der Waals surface area contributed by atoms with Crippen molar-refractivity contribution in [2.45, 2.75) is 48.1 Å². The van der Waals surface area contributed by atoms with Crippen molar-refractivity contribution in [2.75, 3.05) is 32.1 Å². The van der Waals surface area contributed by atoms with E-state index >= 15 is 0 Å². The van der Waals surface area contributed by atoms with Gasteiger partial charge in [0, 0.05) is 13.7 Å². The van der Waals surface area contributed by atoms with Gasteiger partial charge in [0.05, 0.1) is 23.8 Å². The van der Waals surface area contributed by atoms with Crippen molar-refractivity contribution in [1.82, 2.24) is 19.5 Å².